The Morgan fingerprint density at radius 3 is 1.83 bits per heavy atom. The van der Waals surface area contributed by atoms with Gasteiger partial charge >= 0.3 is 11.9 Å². The number of carbonyl (C=O) groups is 2. The standard InChI is InChI=1S/C14H26O4/c1-5-9-17-12(15)11-14(7-3,8-4)13(16)18-10-6-2/h5-11H2,1-4H3. The molecule has 0 aliphatic rings. The zero-order valence-corrected chi connectivity index (χ0v) is 12.1. The van der Waals surface area contributed by atoms with Crippen LogP contribution in [-0.2, 0) is 19.1 Å². The average molecular weight is 258 g/mol. The van der Waals surface area contributed by atoms with Crippen molar-refractivity contribution in [2.24, 2.45) is 5.41 Å². The smallest absolute Gasteiger partial charge is 0.312 e. The molecule has 0 unspecified atom stereocenters. The van der Waals surface area contributed by atoms with Crippen LogP contribution in [0, 0.1) is 5.41 Å². The van der Waals surface area contributed by atoms with Gasteiger partial charge < -0.3 is 9.47 Å². The molecule has 0 aliphatic heterocycles. The minimum absolute atomic E-state index is 0.114. The number of ether oxygens (including phenoxy) is 2. The van der Waals surface area contributed by atoms with Gasteiger partial charge in [-0.05, 0) is 25.7 Å². The molecular formula is C14H26O4. The molecule has 4 nitrogen and oxygen atoms in total. The molecule has 0 fully saturated rings. The van der Waals surface area contributed by atoms with Gasteiger partial charge in [0.15, 0.2) is 0 Å². The van der Waals surface area contributed by atoms with Crippen molar-refractivity contribution in [3.05, 3.63) is 0 Å². The highest BCUT2D eigenvalue weighted by molar-refractivity contribution is 5.83. The lowest BCUT2D eigenvalue weighted by Crippen LogP contribution is -2.35. The zero-order valence-electron chi connectivity index (χ0n) is 12.1. The summed E-state index contributed by atoms with van der Waals surface area (Å²) in [6, 6.07) is 0. The third-order valence-corrected chi connectivity index (χ3v) is 3.17. The minimum Gasteiger partial charge on any atom is -0.466 e. The summed E-state index contributed by atoms with van der Waals surface area (Å²) in [7, 11) is 0. The Morgan fingerprint density at radius 2 is 1.39 bits per heavy atom. The molecule has 0 saturated carbocycles. The number of carbonyl (C=O) groups excluding carboxylic acids is 2. The van der Waals surface area contributed by atoms with Gasteiger partial charge in [-0.3, -0.25) is 9.59 Å². The van der Waals surface area contributed by atoms with Crippen molar-refractivity contribution in [2.75, 3.05) is 13.2 Å². The van der Waals surface area contributed by atoms with Crippen LogP contribution >= 0.6 is 0 Å². The molecule has 0 aromatic carbocycles. The summed E-state index contributed by atoms with van der Waals surface area (Å²) in [4.78, 5) is 23.7. The normalized spacial score (nSPS) is 11.1. The van der Waals surface area contributed by atoms with Crippen molar-refractivity contribution in [3.8, 4) is 0 Å². The molecule has 0 atom stereocenters. The van der Waals surface area contributed by atoms with Crippen molar-refractivity contribution < 1.29 is 19.1 Å². The molecule has 0 rings (SSSR count). The fraction of sp³-hybridized carbons (Fsp3) is 0.857. The fourth-order valence-electron chi connectivity index (χ4n) is 1.75. The monoisotopic (exact) mass is 258 g/mol. The van der Waals surface area contributed by atoms with Crippen molar-refractivity contribution >= 4 is 11.9 Å². The van der Waals surface area contributed by atoms with Crippen molar-refractivity contribution in [2.45, 2.75) is 59.8 Å². The molecule has 106 valence electrons. The van der Waals surface area contributed by atoms with Gasteiger partial charge in [-0.2, -0.15) is 0 Å². The number of hydrogen-bond acceptors (Lipinski definition) is 4. The maximum atomic E-state index is 12.1. The summed E-state index contributed by atoms with van der Waals surface area (Å²) in [5.41, 5.74) is -0.722. The maximum Gasteiger partial charge on any atom is 0.312 e. The van der Waals surface area contributed by atoms with E-state index in [1.807, 2.05) is 27.7 Å². The van der Waals surface area contributed by atoms with Gasteiger partial charge in [-0.1, -0.05) is 27.7 Å². The lowest BCUT2D eigenvalue weighted by molar-refractivity contribution is -0.163. The van der Waals surface area contributed by atoms with Crippen molar-refractivity contribution in [1.82, 2.24) is 0 Å². The highest BCUT2D eigenvalue weighted by atomic mass is 16.5. The lowest BCUT2D eigenvalue weighted by atomic mass is 9.79. The molecule has 0 saturated heterocycles. The van der Waals surface area contributed by atoms with Crippen LogP contribution in [0.4, 0.5) is 0 Å². The van der Waals surface area contributed by atoms with Crippen LogP contribution in [0.2, 0.25) is 0 Å². The number of hydrogen-bond donors (Lipinski definition) is 0. The number of esters is 2. The topological polar surface area (TPSA) is 52.6 Å². The molecule has 0 radical (unpaired) electrons. The zero-order chi connectivity index (χ0) is 14.0. The summed E-state index contributed by atoms with van der Waals surface area (Å²) in [6.45, 7) is 8.52. The quantitative estimate of drug-likeness (QED) is 0.596. The first-order valence-corrected chi connectivity index (χ1v) is 6.89. The van der Waals surface area contributed by atoms with E-state index in [-0.39, 0.29) is 18.4 Å². The predicted octanol–water partition coefficient (Wildman–Crippen LogP) is 3.09. The van der Waals surface area contributed by atoms with Gasteiger partial charge in [0.2, 0.25) is 0 Å². The minimum atomic E-state index is -0.722. The Morgan fingerprint density at radius 1 is 0.889 bits per heavy atom. The first kappa shape index (κ1) is 16.9. The van der Waals surface area contributed by atoms with Gasteiger partial charge in [0.1, 0.15) is 0 Å². The average Bonchev–Trinajstić information content (AvgIpc) is 2.39. The van der Waals surface area contributed by atoms with E-state index in [1.54, 1.807) is 0 Å². The van der Waals surface area contributed by atoms with Crippen molar-refractivity contribution in [1.29, 1.82) is 0 Å². The third kappa shape index (κ3) is 5.07. The molecule has 0 heterocycles. The second-order valence-electron chi connectivity index (χ2n) is 4.52. The Bertz CT molecular complexity index is 257. The molecule has 0 bridgehead atoms. The van der Waals surface area contributed by atoms with Gasteiger partial charge in [-0.15, -0.1) is 0 Å². The number of rotatable bonds is 9. The van der Waals surface area contributed by atoms with Gasteiger partial charge in [0, 0.05) is 0 Å². The molecule has 0 N–H and O–H groups in total. The van der Waals surface area contributed by atoms with Gasteiger partial charge in [0.25, 0.3) is 0 Å². The Balaban J connectivity index is 4.59. The van der Waals surface area contributed by atoms with Crippen LogP contribution in [-0.4, -0.2) is 25.2 Å². The summed E-state index contributed by atoms with van der Waals surface area (Å²) >= 11 is 0. The first-order chi connectivity index (χ1) is 8.56. The van der Waals surface area contributed by atoms with Crippen LogP contribution in [0.15, 0.2) is 0 Å². The highest BCUT2D eigenvalue weighted by Gasteiger charge is 2.39. The maximum absolute atomic E-state index is 12.1. The summed E-state index contributed by atoms with van der Waals surface area (Å²) in [6.07, 6.45) is 2.87. The molecule has 0 aromatic heterocycles. The largest absolute Gasteiger partial charge is 0.466 e. The Kier molecular flexibility index (Phi) is 8.42. The molecule has 4 heteroatoms. The second kappa shape index (κ2) is 8.95. The molecule has 0 spiro atoms. The second-order valence-corrected chi connectivity index (χ2v) is 4.52. The SMILES string of the molecule is CCCOC(=O)CC(CC)(CC)C(=O)OCCC. The fourth-order valence-corrected chi connectivity index (χ4v) is 1.75. The summed E-state index contributed by atoms with van der Waals surface area (Å²) in [5, 5.41) is 0. The summed E-state index contributed by atoms with van der Waals surface area (Å²) < 4.78 is 10.3. The van der Waals surface area contributed by atoms with E-state index in [1.165, 1.54) is 0 Å². The van der Waals surface area contributed by atoms with Crippen LogP contribution in [0.1, 0.15) is 59.8 Å². The highest BCUT2D eigenvalue weighted by Crippen LogP contribution is 2.32. The van der Waals surface area contributed by atoms with E-state index < -0.39 is 5.41 Å². The molecular weight excluding hydrogens is 232 g/mol. The first-order valence-electron chi connectivity index (χ1n) is 6.89. The van der Waals surface area contributed by atoms with Crippen LogP contribution < -0.4 is 0 Å². The molecule has 0 aromatic rings. The van der Waals surface area contributed by atoms with Crippen LogP contribution in [0.3, 0.4) is 0 Å². The van der Waals surface area contributed by atoms with E-state index in [0.717, 1.165) is 12.8 Å². The van der Waals surface area contributed by atoms with E-state index in [2.05, 4.69) is 0 Å². The Labute approximate surface area is 110 Å². The van der Waals surface area contributed by atoms with E-state index in [4.69, 9.17) is 9.47 Å². The lowest BCUT2D eigenvalue weighted by Gasteiger charge is -2.28. The Hall–Kier alpha value is -1.06. The van der Waals surface area contributed by atoms with Gasteiger partial charge in [-0.25, -0.2) is 0 Å². The van der Waals surface area contributed by atoms with Crippen LogP contribution in [0.5, 0.6) is 0 Å². The van der Waals surface area contributed by atoms with E-state index >= 15 is 0 Å². The molecule has 0 amide bonds. The van der Waals surface area contributed by atoms with Gasteiger partial charge in [0.05, 0.1) is 25.0 Å². The van der Waals surface area contributed by atoms with E-state index in [9.17, 15) is 9.59 Å². The van der Waals surface area contributed by atoms with Crippen molar-refractivity contribution in [3.63, 3.8) is 0 Å². The van der Waals surface area contributed by atoms with E-state index in [0.29, 0.717) is 26.1 Å². The third-order valence-electron chi connectivity index (χ3n) is 3.17. The summed E-state index contributed by atoms with van der Waals surface area (Å²) in [5.74, 6) is -0.586. The van der Waals surface area contributed by atoms with Crippen LogP contribution in [0.25, 0.3) is 0 Å². The molecule has 0 aliphatic carbocycles. The predicted molar refractivity (Wildman–Crippen MR) is 70.1 cm³/mol. The molecule has 18 heavy (non-hydrogen) atoms.